The van der Waals surface area contributed by atoms with E-state index >= 15 is 0 Å². The summed E-state index contributed by atoms with van der Waals surface area (Å²) in [6.07, 6.45) is 7.26. The Hall–Kier alpha value is -5.17. The number of allylic oxidation sites excluding steroid dienone is 1. The number of halogens is 1. The third kappa shape index (κ3) is 10.5. The van der Waals surface area contributed by atoms with Gasteiger partial charge in [-0.15, -0.1) is 11.8 Å². The average Bonchev–Trinajstić information content (AvgIpc) is 3.77. The lowest BCUT2D eigenvalue weighted by atomic mass is 9.72. The summed E-state index contributed by atoms with van der Waals surface area (Å²) in [7, 11) is -4.59. The second-order valence-electron chi connectivity index (χ2n) is 18.0. The van der Waals surface area contributed by atoms with E-state index in [2.05, 4.69) is 60.7 Å². The van der Waals surface area contributed by atoms with Gasteiger partial charge < -0.3 is 24.7 Å². The first kappa shape index (κ1) is 45.0. The Balaban J connectivity index is 0.928. The topological polar surface area (TPSA) is 175 Å². The Bertz CT molecular complexity index is 2730. The fraction of sp³-hybridized carbons (Fsp3) is 0.404. The van der Waals surface area contributed by atoms with Crippen molar-refractivity contribution in [1.29, 1.82) is 0 Å². The summed E-state index contributed by atoms with van der Waals surface area (Å²) < 4.78 is 41.9. The summed E-state index contributed by atoms with van der Waals surface area (Å²) in [4.78, 5) is 40.4. The Morgan fingerprint density at radius 2 is 1.82 bits per heavy atom. The molecule has 1 atom stereocenters. The molecular formula is C47H53ClN8O7S2. The van der Waals surface area contributed by atoms with Crippen molar-refractivity contribution in [2.45, 2.75) is 55.4 Å². The lowest BCUT2D eigenvalue weighted by Crippen LogP contribution is -2.47. The molecular weight excluding hydrogens is 888 g/mol. The molecule has 3 aliphatic heterocycles. The first-order valence-electron chi connectivity index (χ1n) is 22.1. The number of rotatable bonds is 13. The number of carbonyl (C=O) groups excluding carboxylic acids is 1. The van der Waals surface area contributed by atoms with Crippen molar-refractivity contribution >= 4 is 73.0 Å². The highest BCUT2D eigenvalue weighted by Crippen LogP contribution is 2.44. The Labute approximate surface area is 388 Å². The van der Waals surface area contributed by atoms with Gasteiger partial charge in [-0.25, -0.2) is 18.1 Å². The number of pyridine rings is 1. The molecule has 0 spiro atoms. The molecule has 65 heavy (non-hydrogen) atoms. The largest absolute Gasteiger partial charge is 0.455 e. The number of nitro groups is 1. The van der Waals surface area contributed by atoms with E-state index in [1.807, 2.05) is 18.2 Å². The second kappa shape index (κ2) is 19.0. The van der Waals surface area contributed by atoms with Crippen LogP contribution in [-0.2, 0) is 14.8 Å². The number of thioether (sulfide) groups is 1. The molecule has 1 amide bonds. The minimum Gasteiger partial charge on any atom is -0.455 e. The minimum atomic E-state index is -4.59. The number of amides is 1. The van der Waals surface area contributed by atoms with Crippen LogP contribution in [0.15, 0.2) is 94.5 Å². The van der Waals surface area contributed by atoms with Gasteiger partial charge in [0.15, 0.2) is 0 Å². The molecule has 0 saturated carbocycles. The van der Waals surface area contributed by atoms with Crippen LogP contribution in [0, 0.1) is 15.5 Å². The predicted molar refractivity (Wildman–Crippen MR) is 255 cm³/mol. The molecule has 1 aliphatic carbocycles. The molecule has 4 aliphatic rings. The van der Waals surface area contributed by atoms with Crippen LogP contribution in [0.3, 0.4) is 0 Å². The molecule has 1 unspecified atom stereocenters. The molecule has 2 fully saturated rings. The lowest BCUT2D eigenvalue weighted by Gasteiger charge is -2.39. The maximum atomic E-state index is 14.1. The van der Waals surface area contributed by atoms with Gasteiger partial charge in [0, 0.05) is 103 Å². The number of fused-ring (bicyclic) bond motifs is 2. The van der Waals surface area contributed by atoms with Crippen LogP contribution in [0.1, 0.15) is 55.5 Å². The summed E-state index contributed by atoms with van der Waals surface area (Å²) in [6, 6.07) is 19.3. The average molecular weight is 942 g/mol. The second-order valence-corrected chi connectivity index (χ2v) is 21.1. The van der Waals surface area contributed by atoms with E-state index < -0.39 is 20.9 Å². The normalized spacial score (nSPS) is 19.4. The number of ether oxygens (including phenoxy) is 2. The van der Waals surface area contributed by atoms with Gasteiger partial charge in [-0.1, -0.05) is 43.2 Å². The van der Waals surface area contributed by atoms with Gasteiger partial charge in [-0.3, -0.25) is 24.7 Å². The number of morpholine rings is 1. The summed E-state index contributed by atoms with van der Waals surface area (Å²) in [5.41, 5.74) is 5.69. The van der Waals surface area contributed by atoms with E-state index in [-0.39, 0.29) is 39.0 Å². The summed E-state index contributed by atoms with van der Waals surface area (Å²) in [6.45, 7) is 12.5. The zero-order chi connectivity index (χ0) is 45.3. The van der Waals surface area contributed by atoms with Gasteiger partial charge in [0.25, 0.3) is 21.6 Å². The molecule has 3 N–H and O–H groups in total. The fourth-order valence-corrected chi connectivity index (χ4v) is 11.5. The lowest BCUT2D eigenvalue weighted by molar-refractivity contribution is -0.384. The number of aromatic nitrogens is 2. The Morgan fingerprint density at radius 1 is 1.03 bits per heavy atom. The quantitative estimate of drug-likeness (QED) is 0.0759. The summed E-state index contributed by atoms with van der Waals surface area (Å²) >= 11 is 7.61. The van der Waals surface area contributed by atoms with Gasteiger partial charge >= 0.3 is 0 Å². The van der Waals surface area contributed by atoms with Crippen molar-refractivity contribution in [3.05, 3.63) is 111 Å². The van der Waals surface area contributed by atoms with Gasteiger partial charge in [0.2, 0.25) is 0 Å². The highest BCUT2D eigenvalue weighted by Gasteiger charge is 2.33. The molecule has 0 bridgehead atoms. The summed E-state index contributed by atoms with van der Waals surface area (Å²) in [5, 5.41) is 17.2. The number of hydrogen-bond acceptors (Lipinski definition) is 13. The molecule has 5 heterocycles. The number of aromatic amines is 1. The number of hydrogen-bond donors (Lipinski definition) is 3. The van der Waals surface area contributed by atoms with Crippen molar-refractivity contribution in [2.75, 3.05) is 81.5 Å². The third-order valence-corrected chi connectivity index (χ3v) is 15.6. The third-order valence-electron chi connectivity index (χ3n) is 12.8. The minimum absolute atomic E-state index is 0.0290. The molecule has 2 saturated heterocycles. The number of piperazine rings is 1. The van der Waals surface area contributed by atoms with Gasteiger partial charge in [0.1, 0.15) is 22.8 Å². The van der Waals surface area contributed by atoms with E-state index in [4.69, 9.17) is 21.1 Å². The molecule has 5 aromatic rings. The SMILES string of the molecule is CC1(C)CCC(CN2CCN(c3ccc(C(=O)NS(=O)(=O)c4cc5c(c([N+](=O)[O-])c4)NC(CCN4CCOCC4)CS5)c(Oc4cnc5[nH]ccc5c4)c3)CC2)=C(c2ccc(Cl)cc2)C1. The maximum absolute atomic E-state index is 14.1. The predicted octanol–water partition coefficient (Wildman–Crippen LogP) is 8.43. The fourth-order valence-electron chi connectivity index (χ4n) is 9.11. The van der Waals surface area contributed by atoms with Gasteiger partial charge in [-0.2, -0.15) is 0 Å². The zero-order valence-corrected chi connectivity index (χ0v) is 38.9. The van der Waals surface area contributed by atoms with Gasteiger partial charge in [-0.05, 0) is 84.7 Å². The van der Waals surface area contributed by atoms with Crippen molar-refractivity contribution < 1.29 is 27.6 Å². The van der Waals surface area contributed by atoms with Crippen LogP contribution in [-0.4, -0.2) is 116 Å². The summed E-state index contributed by atoms with van der Waals surface area (Å²) in [5.74, 6) is 0.144. The van der Waals surface area contributed by atoms with Gasteiger partial charge in [0.05, 0.1) is 34.8 Å². The van der Waals surface area contributed by atoms with Crippen LogP contribution in [0.2, 0.25) is 5.02 Å². The number of carbonyl (C=O) groups is 1. The molecule has 15 nitrogen and oxygen atoms in total. The first-order chi connectivity index (χ1) is 31.3. The molecule has 2 aromatic heterocycles. The maximum Gasteiger partial charge on any atom is 0.294 e. The number of nitro benzene ring substituents is 1. The van der Waals surface area contributed by atoms with Crippen LogP contribution in [0.5, 0.6) is 11.5 Å². The molecule has 9 rings (SSSR count). The zero-order valence-electron chi connectivity index (χ0n) is 36.5. The van der Waals surface area contributed by atoms with Crippen LogP contribution in [0.4, 0.5) is 17.1 Å². The van der Waals surface area contributed by atoms with Crippen molar-refractivity contribution in [3.63, 3.8) is 0 Å². The van der Waals surface area contributed by atoms with E-state index in [1.54, 1.807) is 30.5 Å². The first-order valence-corrected chi connectivity index (χ1v) is 24.9. The monoisotopic (exact) mass is 940 g/mol. The smallest absolute Gasteiger partial charge is 0.294 e. The van der Waals surface area contributed by atoms with Crippen molar-refractivity contribution in [2.24, 2.45) is 5.41 Å². The van der Waals surface area contributed by atoms with Crippen LogP contribution >= 0.6 is 23.4 Å². The van der Waals surface area contributed by atoms with E-state index in [1.165, 1.54) is 40.7 Å². The Morgan fingerprint density at radius 3 is 2.58 bits per heavy atom. The van der Waals surface area contributed by atoms with Crippen molar-refractivity contribution in [1.82, 2.24) is 24.5 Å². The number of H-pyrrole nitrogens is 1. The molecule has 342 valence electrons. The van der Waals surface area contributed by atoms with Crippen LogP contribution < -0.4 is 19.7 Å². The number of anilines is 2. The molecule has 0 radical (unpaired) electrons. The number of benzene rings is 3. The number of nitrogens with zero attached hydrogens (tertiary/aromatic N) is 5. The van der Waals surface area contributed by atoms with Crippen molar-refractivity contribution in [3.8, 4) is 11.5 Å². The number of nitrogens with one attached hydrogen (secondary N) is 3. The number of sulfonamides is 1. The molecule has 18 heteroatoms. The highest BCUT2D eigenvalue weighted by atomic mass is 35.5. The van der Waals surface area contributed by atoms with E-state index in [9.17, 15) is 23.3 Å². The highest BCUT2D eigenvalue weighted by molar-refractivity contribution is 7.99. The molecule has 3 aromatic carbocycles. The Kier molecular flexibility index (Phi) is 13.1. The van der Waals surface area contributed by atoms with Crippen LogP contribution in [0.25, 0.3) is 16.6 Å². The van der Waals surface area contributed by atoms with E-state index in [0.29, 0.717) is 35.3 Å². The van der Waals surface area contributed by atoms with E-state index in [0.717, 1.165) is 100 Å². The standard InChI is InChI=1S/C47H53ClN8O7S2/c1-47(2)12-9-33(40(27-47)31-3-5-34(48)6-4-31)29-54-15-17-55(18-16-54)36-7-8-39(42(24-36)63-37-23-32-10-13-49-45(32)50-28-37)46(57)52-65(60,61)38-25-41(56(58)59)44-43(26-38)64-30-35(51-44)11-14-53-19-21-62-22-20-53/h3-8,10,13,23-26,28,35,51H,9,11-12,14-22,27,29-30H2,1-2H3,(H,49,50)(H,52,57).